The summed E-state index contributed by atoms with van der Waals surface area (Å²) in [6, 6.07) is 20.8. The highest BCUT2D eigenvalue weighted by Crippen LogP contribution is 2.34. The fourth-order valence-electron chi connectivity index (χ4n) is 5.58. The molecule has 2 aromatic heterocycles. The lowest BCUT2D eigenvalue weighted by atomic mass is 9.95. The number of nitrogens with zero attached hydrogens (tertiary/aromatic N) is 4. The molecule has 1 aliphatic rings. The number of carbonyl (C=O) groups excluding carboxylic acids is 2. The monoisotopic (exact) mass is 676 g/mol. The second kappa shape index (κ2) is 14.0. The van der Waals surface area contributed by atoms with Crippen molar-refractivity contribution in [3.63, 3.8) is 0 Å². The normalized spacial score (nSPS) is 14.1. The van der Waals surface area contributed by atoms with Crippen molar-refractivity contribution in [1.82, 2.24) is 14.3 Å². The molecule has 1 unspecified atom stereocenters. The second-order valence-electron chi connectivity index (χ2n) is 10.9. The maximum absolute atomic E-state index is 14.4. The van der Waals surface area contributed by atoms with Gasteiger partial charge in [-0.25, -0.2) is 19.3 Å². The van der Waals surface area contributed by atoms with Crippen LogP contribution in [-0.4, -0.2) is 54.2 Å². The summed E-state index contributed by atoms with van der Waals surface area (Å²) in [7, 11) is 4.43. The fourth-order valence-corrected chi connectivity index (χ4v) is 6.62. The van der Waals surface area contributed by atoms with E-state index in [4.69, 9.17) is 24.0 Å². The summed E-state index contributed by atoms with van der Waals surface area (Å²) in [5.74, 6) is -0.0309. The molecule has 3 aromatic carbocycles. The molecule has 11 nitrogen and oxygen atoms in total. The number of thiazole rings is 1. The van der Waals surface area contributed by atoms with Crippen molar-refractivity contribution in [1.29, 1.82) is 0 Å². The van der Waals surface area contributed by atoms with Gasteiger partial charge in [0.15, 0.2) is 16.3 Å². The van der Waals surface area contributed by atoms with E-state index in [0.717, 1.165) is 11.3 Å². The molecule has 248 valence electrons. The van der Waals surface area contributed by atoms with Crippen molar-refractivity contribution in [3.8, 4) is 28.4 Å². The van der Waals surface area contributed by atoms with E-state index in [9.17, 15) is 14.4 Å². The summed E-state index contributed by atoms with van der Waals surface area (Å²) in [6.07, 6.45) is 5.09. The van der Waals surface area contributed by atoms with Crippen LogP contribution in [0.5, 0.6) is 11.5 Å². The van der Waals surface area contributed by atoms with Gasteiger partial charge in [-0.2, -0.15) is 5.10 Å². The zero-order valence-electron chi connectivity index (χ0n) is 27.2. The van der Waals surface area contributed by atoms with Crippen LogP contribution in [0.25, 0.3) is 23.0 Å². The Bertz CT molecular complexity index is 2280. The van der Waals surface area contributed by atoms with Crippen LogP contribution in [0.4, 0.5) is 0 Å². The Balaban J connectivity index is 1.55. The number of fused-ring (bicyclic) bond motifs is 1. The van der Waals surface area contributed by atoms with Crippen LogP contribution in [0.15, 0.2) is 113 Å². The third-order valence-electron chi connectivity index (χ3n) is 7.93. The summed E-state index contributed by atoms with van der Waals surface area (Å²) in [5.41, 5.74) is 4.02. The van der Waals surface area contributed by atoms with Gasteiger partial charge in [-0.15, -0.1) is 0 Å². The van der Waals surface area contributed by atoms with Gasteiger partial charge < -0.3 is 18.9 Å². The summed E-state index contributed by atoms with van der Waals surface area (Å²) >= 11 is 1.19. The topological polar surface area (TPSA) is 123 Å². The third-order valence-corrected chi connectivity index (χ3v) is 8.91. The van der Waals surface area contributed by atoms with Gasteiger partial charge in [0.05, 0.1) is 54.4 Å². The predicted molar refractivity (Wildman–Crippen MR) is 185 cm³/mol. The number of benzene rings is 3. The highest BCUT2D eigenvalue weighted by Gasteiger charge is 2.33. The minimum absolute atomic E-state index is 0.0155. The Morgan fingerprint density at radius 1 is 0.959 bits per heavy atom. The first-order chi connectivity index (χ1) is 23.8. The Kier molecular flexibility index (Phi) is 9.40. The smallest absolute Gasteiger partial charge is 0.338 e. The number of para-hydroxylation sites is 1. The average Bonchev–Trinajstić information content (AvgIpc) is 3.69. The van der Waals surface area contributed by atoms with Gasteiger partial charge in [0.2, 0.25) is 0 Å². The molecule has 0 spiro atoms. The molecule has 0 radical (unpaired) electrons. The lowest BCUT2D eigenvalue weighted by molar-refractivity contribution is -0.138. The number of methoxy groups -OCH3 is 3. The van der Waals surface area contributed by atoms with Gasteiger partial charge in [-0.1, -0.05) is 54.3 Å². The first-order valence-corrected chi connectivity index (χ1v) is 16.0. The fraction of sp³-hybridized carbons (Fsp3) is 0.162. The first-order valence-electron chi connectivity index (χ1n) is 15.1. The van der Waals surface area contributed by atoms with Gasteiger partial charge in [0.25, 0.3) is 5.56 Å². The van der Waals surface area contributed by atoms with Gasteiger partial charge >= 0.3 is 11.9 Å². The summed E-state index contributed by atoms with van der Waals surface area (Å²) < 4.78 is 24.9. The molecule has 0 fully saturated rings. The maximum atomic E-state index is 14.4. The Morgan fingerprint density at radius 2 is 1.69 bits per heavy atom. The molecule has 0 saturated carbocycles. The number of hydrogen-bond donors (Lipinski definition) is 0. The lowest BCUT2D eigenvalue weighted by Gasteiger charge is -2.24. The summed E-state index contributed by atoms with van der Waals surface area (Å²) in [5, 5.41) is 4.90. The van der Waals surface area contributed by atoms with Crippen molar-refractivity contribution in [3.05, 3.63) is 139 Å². The SMILES string of the molecule is C=CCOC(=O)C1=C(C)N=c2sc(=Cc3cn(-c4ccccc4)nc3-c3ccc(OC)c(OC)c3)c(=O)n2C1c1ccc(C(=O)OC)cc1. The van der Waals surface area contributed by atoms with Crippen molar-refractivity contribution in [2.45, 2.75) is 13.0 Å². The molecule has 5 aromatic rings. The van der Waals surface area contributed by atoms with Crippen molar-refractivity contribution in [2.75, 3.05) is 27.9 Å². The molecular weight excluding hydrogens is 644 g/mol. The van der Waals surface area contributed by atoms with Crippen molar-refractivity contribution < 1.29 is 28.5 Å². The summed E-state index contributed by atoms with van der Waals surface area (Å²) in [4.78, 5) is 45.0. The van der Waals surface area contributed by atoms with Crippen LogP contribution in [0.3, 0.4) is 0 Å². The van der Waals surface area contributed by atoms with Crippen LogP contribution >= 0.6 is 11.3 Å². The zero-order chi connectivity index (χ0) is 34.7. The molecular formula is C37H32N4O7S. The quantitative estimate of drug-likeness (QED) is 0.155. The van der Waals surface area contributed by atoms with Crippen LogP contribution in [0, 0.1) is 0 Å². The van der Waals surface area contributed by atoms with Gasteiger partial charge in [0, 0.05) is 17.3 Å². The highest BCUT2D eigenvalue weighted by molar-refractivity contribution is 7.07. The number of esters is 2. The van der Waals surface area contributed by atoms with Crippen LogP contribution in [0.2, 0.25) is 0 Å². The molecule has 1 atom stereocenters. The number of ether oxygens (including phenoxy) is 4. The zero-order valence-corrected chi connectivity index (χ0v) is 28.0. The Morgan fingerprint density at radius 3 is 2.37 bits per heavy atom. The van der Waals surface area contributed by atoms with E-state index in [1.165, 1.54) is 29.1 Å². The Labute approximate surface area is 285 Å². The van der Waals surface area contributed by atoms with Crippen molar-refractivity contribution in [2.24, 2.45) is 4.99 Å². The minimum Gasteiger partial charge on any atom is -0.493 e. The molecule has 0 N–H and O–H groups in total. The van der Waals surface area contributed by atoms with E-state index in [-0.39, 0.29) is 17.7 Å². The molecule has 6 rings (SSSR count). The molecule has 0 aliphatic carbocycles. The largest absolute Gasteiger partial charge is 0.493 e. The van der Waals surface area contributed by atoms with Crippen LogP contribution in [-0.2, 0) is 14.3 Å². The molecule has 1 aliphatic heterocycles. The van der Waals surface area contributed by atoms with E-state index in [2.05, 4.69) is 11.6 Å². The van der Waals surface area contributed by atoms with E-state index >= 15 is 0 Å². The highest BCUT2D eigenvalue weighted by atomic mass is 32.1. The van der Waals surface area contributed by atoms with Crippen LogP contribution < -0.4 is 24.4 Å². The molecule has 0 saturated heterocycles. The van der Waals surface area contributed by atoms with E-state index in [1.807, 2.05) is 48.7 Å². The minimum atomic E-state index is -0.875. The number of aromatic nitrogens is 3. The van der Waals surface area contributed by atoms with Crippen LogP contribution in [0.1, 0.15) is 34.5 Å². The van der Waals surface area contributed by atoms with Gasteiger partial charge in [-0.3, -0.25) is 9.36 Å². The lowest BCUT2D eigenvalue weighted by Crippen LogP contribution is -2.40. The van der Waals surface area contributed by atoms with E-state index in [0.29, 0.717) is 48.9 Å². The molecule has 0 amide bonds. The molecule has 3 heterocycles. The molecule has 49 heavy (non-hydrogen) atoms. The van der Waals surface area contributed by atoms with E-state index < -0.39 is 18.0 Å². The van der Waals surface area contributed by atoms with E-state index in [1.54, 1.807) is 62.2 Å². The average molecular weight is 677 g/mol. The second-order valence-corrected chi connectivity index (χ2v) is 11.9. The predicted octanol–water partition coefficient (Wildman–Crippen LogP) is 4.62. The first kappa shape index (κ1) is 32.9. The number of carbonyl (C=O) groups is 2. The van der Waals surface area contributed by atoms with Gasteiger partial charge in [-0.05, 0) is 61.0 Å². The standard InChI is InChI=1S/C37H32N4O7S/c1-6-18-48-36(44)31-22(2)38-37-41(33(31)23-12-14-24(15-13-23)35(43)47-5)34(42)30(49-37)20-26-21-40(27-10-8-7-9-11-27)39-32(26)25-16-17-28(45-3)29(19-25)46-4/h6-17,19-21,33H,1,18H2,2-5H3. The number of allylic oxidation sites excluding steroid dienone is 1. The maximum Gasteiger partial charge on any atom is 0.338 e. The number of hydrogen-bond acceptors (Lipinski definition) is 10. The molecule has 12 heteroatoms. The third kappa shape index (κ3) is 6.33. The van der Waals surface area contributed by atoms with Gasteiger partial charge in [0.1, 0.15) is 12.3 Å². The summed E-state index contributed by atoms with van der Waals surface area (Å²) in [6.45, 7) is 5.32. The molecule has 0 bridgehead atoms. The Hall–Kier alpha value is -6.01. The number of rotatable bonds is 10. The van der Waals surface area contributed by atoms with Crippen molar-refractivity contribution >= 4 is 29.4 Å².